The van der Waals surface area contributed by atoms with Crippen molar-refractivity contribution in [1.82, 2.24) is 0 Å². The zero-order valence-corrected chi connectivity index (χ0v) is 14.6. The van der Waals surface area contributed by atoms with Gasteiger partial charge in [0.15, 0.2) is 0 Å². The summed E-state index contributed by atoms with van der Waals surface area (Å²) in [7, 11) is -3.48. The van der Waals surface area contributed by atoms with Gasteiger partial charge in [-0.15, -0.1) is 0 Å². The molecule has 2 nitrogen and oxygen atoms in total. The third-order valence-electron chi connectivity index (χ3n) is 4.21. The van der Waals surface area contributed by atoms with E-state index >= 15 is 0 Å². The molecule has 0 aromatic carbocycles. The molecule has 0 aromatic heterocycles. The average Bonchev–Trinajstić information content (AvgIpc) is 1.99. The van der Waals surface area contributed by atoms with E-state index in [-0.39, 0.29) is 5.22 Å². The van der Waals surface area contributed by atoms with Crippen molar-refractivity contribution >= 4 is 16.4 Å². The summed E-state index contributed by atoms with van der Waals surface area (Å²) < 4.78 is 6.45. The largest absolute Gasteiger partial charge is 0.412 e. The van der Waals surface area contributed by atoms with Crippen LogP contribution in [-0.2, 0) is 4.43 Å². The Hall–Kier alpha value is 0.354. The molecule has 1 atom stereocenters. The first kappa shape index (κ1) is 16.4. The van der Waals surface area contributed by atoms with Crippen molar-refractivity contribution in [1.29, 1.82) is 0 Å². The number of rotatable bonds is 5. The van der Waals surface area contributed by atoms with Crippen molar-refractivity contribution in [3.05, 3.63) is 0 Å². The summed E-state index contributed by atoms with van der Waals surface area (Å²) in [5.41, 5.74) is 0. The van der Waals surface area contributed by atoms with Gasteiger partial charge in [0.25, 0.3) is 0 Å². The molecule has 98 valence electrons. The Balaban J connectivity index is 5.08. The lowest BCUT2D eigenvalue weighted by atomic mass is 10.3. The molecule has 0 unspecified atom stereocenters. The fraction of sp³-hybridized carbons (Fsp3) is 1.00. The van der Waals surface area contributed by atoms with Crippen LogP contribution in [0.2, 0.25) is 32.7 Å². The minimum atomic E-state index is -2.08. The Kier molecular flexibility index (Phi) is 4.66. The molecule has 0 fully saturated rings. The van der Waals surface area contributed by atoms with Gasteiger partial charge in [-0.3, -0.25) is 0 Å². The molecule has 0 aliphatic rings. The van der Waals surface area contributed by atoms with Gasteiger partial charge >= 0.3 is 0 Å². The molecule has 0 heterocycles. The zero-order valence-electron chi connectivity index (χ0n) is 12.6. The van der Waals surface area contributed by atoms with E-state index in [4.69, 9.17) is 4.43 Å². The van der Waals surface area contributed by atoms with Crippen molar-refractivity contribution in [3.63, 3.8) is 0 Å². The average molecular weight is 263 g/mol. The van der Waals surface area contributed by atoms with Crippen LogP contribution in [0, 0.1) is 0 Å². The Labute approximate surface area is 104 Å². The van der Waals surface area contributed by atoms with Crippen molar-refractivity contribution < 1.29 is 9.53 Å². The first-order valence-corrected chi connectivity index (χ1v) is 12.6. The van der Waals surface area contributed by atoms with Crippen molar-refractivity contribution in [2.45, 2.75) is 77.3 Å². The van der Waals surface area contributed by atoms with Gasteiger partial charge in [-0.2, -0.15) is 0 Å². The second-order valence-electron chi connectivity index (χ2n) is 7.01. The topological polar surface area (TPSA) is 29.5 Å². The molecule has 16 heavy (non-hydrogen) atoms. The Morgan fingerprint density at radius 3 is 1.56 bits per heavy atom. The first-order chi connectivity index (χ1) is 6.77. The van der Waals surface area contributed by atoms with Crippen LogP contribution in [0.3, 0.4) is 0 Å². The monoisotopic (exact) mass is 262 g/mol. The standard InChI is InChI=1S/C12H30O2Si2/c1-10-12(4,15(5,6)7)14-16(8,9)11(2,3)13/h13H,10H2,1-9H3/t12-/m0/s1. The number of hydrogen-bond donors (Lipinski definition) is 1. The quantitative estimate of drug-likeness (QED) is 0.768. The van der Waals surface area contributed by atoms with E-state index in [0.29, 0.717) is 0 Å². The molecule has 0 aromatic rings. The van der Waals surface area contributed by atoms with Crippen LogP contribution >= 0.6 is 0 Å². The molecule has 0 radical (unpaired) electrons. The molecule has 4 heteroatoms. The third kappa shape index (κ3) is 3.42. The summed E-state index contributed by atoms with van der Waals surface area (Å²) in [5, 5.41) is 9.49. The Bertz CT molecular complexity index is 238. The molecule has 0 bridgehead atoms. The van der Waals surface area contributed by atoms with E-state index in [1.54, 1.807) is 0 Å². The van der Waals surface area contributed by atoms with E-state index in [1.165, 1.54) is 0 Å². The van der Waals surface area contributed by atoms with Crippen LogP contribution in [0.25, 0.3) is 0 Å². The third-order valence-corrected chi connectivity index (χ3v) is 12.0. The minimum Gasteiger partial charge on any atom is -0.412 e. The summed E-state index contributed by atoms with van der Waals surface area (Å²) in [5.74, 6) is 0. The van der Waals surface area contributed by atoms with Gasteiger partial charge in [0.1, 0.15) is 0 Å². The summed E-state index contributed by atoms with van der Waals surface area (Å²) >= 11 is 0. The van der Waals surface area contributed by atoms with Crippen LogP contribution in [-0.4, -0.2) is 31.9 Å². The van der Waals surface area contributed by atoms with Crippen LogP contribution < -0.4 is 0 Å². The molecule has 0 saturated heterocycles. The van der Waals surface area contributed by atoms with E-state index in [2.05, 4.69) is 46.6 Å². The SMILES string of the molecule is CC[C@@](C)(O[Si](C)(C)C(C)(C)O)[Si](C)(C)C. The van der Waals surface area contributed by atoms with Crippen molar-refractivity contribution in [2.75, 3.05) is 0 Å². The molecule has 0 aliphatic heterocycles. The molecule has 0 amide bonds. The molecule has 0 spiro atoms. The highest BCUT2D eigenvalue weighted by Gasteiger charge is 2.48. The van der Waals surface area contributed by atoms with E-state index in [0.717, 1.165) is 6.42 Å². The van der Waals surface area contributed by atoms with Crippen molar-refractivity contribution in [2.24, 2.45) is 0 Å². The van der Waals surface area contributed by atoms with Gasteiger partial charge in [0.2, 0.25) is 8.32 Å². The lowest BCUT2D eigenvalue weighted by molar-refractivity contribution is 0.0790. The van der Waals surface area contributed by atoms with Gasteiger partial charge in [-0.1, -0.05) is 26.6 Å². The Morgan fingerprint density at radius 2 is 1.38 bits per heavy atom. The van der Waals surface area contributed by atoms with E-state index in [1.807, 2.05) is 13.8 Å². The van der Waals surface area contributed by atoms with Crippen LogP contribution in [0.4, 0.5) is 0 Å². The fourth-order valence-electron chi connectivity index (χ4n) is 1.44. The van der Waals surface area contributed by atoms with E-state index in [9.17, 15) is 5.11 Å². The fourth-order valence-corrected chi connectivity index (χ4v) is 6.01. The normalized spacial score (nSPS) is 18.4. The summed E-state index contributed by atoms with van der Waals surface area (Å²) in [6, 6.07) is 0. The van der Waals surface area contributed by atoms with Gasteiger partial charge in [0, 0.05) is 5.22 Å². The number of aliphatic hydroxyl groups is 1. The maximum Gasteiger partial charge on any atom is 0.217 e. The highest BCUT2D eigenvalue weighted by atomic mass is 28.4. The summed E-state index contributed by atoms with van der Waals surface area (Å²) in [4.78, 5) is 0. The lowest BCUT2D eigenvalue weighted by Gasteiger charge is -2.48. The van der Waals surface area contributed by atoms with Gasteiger partial charge in [0.05, 0.1) is 13.3 Å². The van der Waals surface area contributed by atoms with Gasteiger partial charge in [-0.25, -0.2) is 0 Å². The molecule has 0 rings (SSSR count). The van der Waals surface area contributed by atoms with E-state index < -0.39 is 21.6 Å². The maximum atomic E-state index is 10.2. The lowest BCUT2D eigenvalue weighted by Crippen LogP contribution is -2.63. The summed E-state index contributed by atoms with van der Waals surface area (Å²) in [6.07, 6.45) is 1.02. The van der Waals surface area contributed by atoms with Gasteiger partial charge in [-0.05, 0) is 40.3 Å². The molecular weight excluding hydrogens is 232 g/mol. The highest BCUT2D eigenvalue weighted by molar-refractivity contribution is 6.81. The molecule has 1 N–H and O–H groups in total. The first-order valence-electron chi connectivity index (χ1n) is 6.19. The molecular formula is C12H30O2Si2. The summed E-state index contributed by atoms with van der Waals surface area (Å²) in [6.45, 7) is 19.4. The Morgan fingerprint density at radius 1 is 1.00 bits per heavy atom. The highest BCUT2D eigenvalue weighted by Crippen LogP contribution is 2.34. The van der Waals surface area contributed by atoms with Gasteiger partial charge < -0.3 is 9.53 Å². The number of hydrogen-bond acceptors (Lipinski definition) is 2. The van der Waals surface area contributed by atoms with Crippen LogP contribution in [0.1, 0.15) is 34.1 Å². The minimum absolute atomic E-state index is 0.0390. The predicted octanol–water partition coefficient (Wildman–Crippen LogP) is 3.56. The smallest absolute Gasteiger partial charge is 0.217 e. The van der Waals surface area contributed by atoms with Crippen LogP contribution in [0.15, 0.2) is 0 Å². The molecule has 0 aliphatic carbocycles. The molecule has 0 saturated carbocycles. The second kappa shape index (κ2) is 4.55. The second-order valence-corrected chi connectivity index (χ2v) is 17.0. The predicted molar refractivity (Wildman–Crippen MR) is 76.9 cm³/mol. The maximum absolute atomic E-state index is 10.2. The zero-order chi connectivity index (χ0) is 13.4. The van der Waals surface area contributed by atoms with Crippen molar-refractivity contribution in [3.8, 4) is 0 Å². The van der Waals surface area contributed by atoms with Crippen LogP contribution in [0.5, 0.6) is 0 Å².